The van der Waals surface area contributed by atoms with E-state index in [9.17, 15) is 4.79 Å². The zero-order chi connectivity index (χ0) is 16.9. The molecule has 0 fully saturated rings. The first-order chi connectivity index (χ1) is 11.7. The van der Waals surface area contributed by atoms with Crippen LogP contribution in [0.2, 0.25) is 0 Å². The van der Waals surface area contributed by atoms with Crippen molar-refractivity contribution < 1.29 is 14.3 Å². The molecule has 0 aliphatic carbocycles. The Morgan fingerprint density at radius 3 is 2.92 bits per heavy atom. The van der Waals surface area contributed by atoms with E-state index in [0.29, 0.717) is 18.0 Å². The first kappa shape index (κ1) is 16.4. The van der Waals surface area contributed by atoms with Crippen molar-refractivity contribution in [3.8, 4) is 11.5 Å². The fraction of sp³-hybridized carbons (Fsp3) is 0.222. The average molecular weight is 342 g/mol. The van der Waals surface area contributed by atoms with Crippen molar-refractivity contribution in [2.75, 3.05) is 11.7 Å². The molecule has 1 aromatic heterocycles. The van der Waals surface area contributed by atoms with Crippen LogP contribution in [0.5, 0.6) is 11.5 Å². The second-order valence-electron chi connectivity index (χ2n) is 5.23. The van der Waals surface area contributed by atoms with Gasteiger partial charge in [-0.05, 0) is 42.3 Å². The van der Waals surface area contributed by atoms with Crippen LogP contribution in [0.15, 0.2) is 48.7 Å². The van der Waals surface area contributed by atoms with Gasteiger partial charge in [0.25, 0.3) is 5.91 Å². The summed E-state index contributed by atoms with van der Waals surface area (Å²) in [5, 5.41) is -0.242. The van der Waals surface area contributed by atoms with Gasteiger partial charge in [0.2, 0.25) is 6.79 Å². The Bertz CT molecular complexity index is 749. The molecule has 0 saturated heterocycles. The lowest BCUT2D eigenvalue weighted by atomic mass is 10.2. The van der Waals surface area contributed by atoms with E-state index in [0.717, 1.165) is 11.3 Å². The summed E-state index contributed by atoms with van der Waals surface area (Å²) in [6.07, 6.45) is 5.64. The van der Waals surface area contributed by atoms with E-state index in [2.05, 4.69) is 17.6 Å². The molecule has 1 aliphatic heterocycles. The van der Waals surface area contributed by atoms with Crippen molar-refractivity contribution in [1.82, 2.24) is 4.98 Å². The maximum Gasteiger partial charge on any atom is 0.253 e. The van der Waals surface area contributed by atoms with Gasteiger partial charge in [0.15, 0.2) is 11.5 Å². The predicted molar refractivity (Wildman–Crippen MR) is 96.4 cm³/mol. The van der Waals surface area contributed by atoms with E-state index in [-0.39, 0.29) is 18.1 Å². The molecule has 2 heterocycles. The van der Waals surface area contributed by atoms with Gasteiger partial charge in [-0.3, -0.25) is 9.69 Å². The number of benzene rings is 1. The lowest BCUT2D eigenvalue weighted by Crippen LogP contribution is -2.36. The van der Waals surface area contributed by atoms with E-state index in [1.165, 1.54) is 6.08 Å². The molecule has 24 heavy (non-hydrogen) atoms. The minimum atomic E-state index is -0.242. The van der Waals surface area contributed by atoms with Crippen LogP contribution in [-0.4, -0.2) is 23.1 Å². The third kappa shape index (κ3) is 3.54. The van der Waals surface area contributed by atoms with Crippen LogP contribution in [0.25, 0.3) is 6.08 Å². The molecular formula is C18H18N2O3S. The largest absolute Gasteiger partial charge is 0.454 e. The van der Waals surface area contributed by atoms with Gasteiger partial charge in [-0.2, -0.15) is 12.6 Å². The normalized spacial score (nSPS) is 13.9. The highest BCUT2D eigenvalue weighted by Gasteiger charge is 2.20. The maximum atomic E-state index is 12.6. The van der Waals surface area contributed by atoms with Crippen molar-refractivity contribution in [3.05, 3.63) is 54.2 Å². The molecule has 6 heteroatoms. The smallest absolute Gasteiger partial charge is 0.253 e. The van der Waals surface area contributed by atoms with Gasteiger partial charge in [0.05, 0.1) is 5.37 Å². The first-order valence-corrected chi connectivity index (χ1v) is 8.20. The molecule has 0 bridgehead atoms. The molecule has 124 valence electrons. The Labute approximate surface area is 146 Å². The van der Waals surface area contributed by atoms with Crippen LogP contribution in [0.4, 0.5) is 5.82 Å². The molecule has 1 unspecified atom stereocenters. The Kier molecular flexibility index (Phi) is 5.05. The van der Waals surface area contributed by atoms with Crippen LogP contribution < -0.4 is 14.4 Å². The van der Waals surface area contributed by atoms with E-state index < -0.39 is 0 Å². The standard InChI is InChI=1S/C18H18N2O3S/c1-2-18(24)20(16-5-3-4-10-19-16)17(21)9-7-13-6-8-14-15(11-13)23-12-22-14/h3-11,18,24H,2,12H2,1H3/b9-7+. The van der Waals surface area contributed by atoms with Crippen LogP contribution in [0.3, 0.4) is 0 Å². The number of amides is 1. The highest BCUT2D eigenvalue weighted by atomic mass is 32.1. The van der Waals surface area contributed by atoms with E-state index in [1.807, 2.05) is 37.3 Å². The number of hydrogen-bond donors (Lipinski definition) is 1. The number of thiol groups is 1. The van der Waals surface area contributed by atoms with Crippen molar-refractivity contribution >= 4 is 30.4 Å². The maximum absolute atomic E-state index is 12.6. The summed E-state index contributed by atoms with van der Waals surface area (Å²) in [6.45, 7) is 2.20. The Hall–Kier alpha value is -2.47. The Morgan fingerprint density at radius 1 is 1.33 bits per heavy atom. The van der Waals surface area contributed by atoms with Crippen LogP contribution in [0.1, 0.15) is 18.9 Å². The number of pyridine rings is 1. The predicted octanol–water partition coefficient (Wildman–Crippen LogP) is 3.52. The van der Waals surface area contributed by atoms with Gasteiger partial charge >= 0.3 is 0 Å². The number of carbonyl (C=O) groups is 1. The summed E-state index contributed by atoms with van der Waals surface area (Å²) in [4.78, 5) is 18.5. The van der Waals surface area contributed by atoms with Gasteiger partial charge < -0.3 is 9.47 Å². The van der Waals surface area contributed by atoms with Crippen molar-refractivity contribution in [2.24, 2.45) is 0 Å². The number of carbonyl (C=O) groups excluding carboxylic acids is 1. The molecule has 1 amide bonds. The van der Waals surface area contributed by atoms with Gasteiger partial charge in [0, 0.05) is 12.3 Å². The average Bonchev–Trinajstić information content (AvgIpc) is 3.08. The molecule has 2 aromatic rings. The zero-order valence-electron chi connectivity index (χ0n) is 13.3. The molecule has 3 rings (SSSR count). The minimum Gasteiger partial charge on any atom is -0.454 e. The monoisotopic (exact) mass is 342 g/mol. The third-order valence-corrected chi connectivity index (χ3v) is 4.21. The Balaban J connectivity index is 1.80. The molecule has 0 spiro atoms. The lowest BCUT2D eigenvalue weighted by Gasteiger charge is -2.25. The minimum absolute atomic E-state index is 0.173. The van der Waals surface area contributed by atoms with Crippen LogP contribution in [-0.2, 0) is 4.79 Å². The SMILES string of the molecule is CCC(S)N(C(=O)/C=C/c1ccc2c(c1)OCO2)c1ccccn1. The van der Waals surface area contributed by atoms with Crippen LogP contribution in [0, 0.1) is 0 Å². The first-order valence-electron chi connectivity index (χ1n) is 7.69. The third-order valence-electron chi connectivity index (χ3n) is 3.61. The molecule has 1 aromatic carbocycles. The molecule has 0 saturated carbocycles. The molecule has 5 nitrogen and oxygen atoms in total. The fourth-order valence-corrected chi connectivity index (χ4v) is 2.59. The summed E-state index contributed by atoms with van der Waals surface area (Å²) >= 11 is 4.50. The van der Waals surface area contributed by atoms with E-state index in [4.69, 9.17) is 9.47 Å². The second kappa shape index (κ2) is 7.40. The molecular weight excluding hydrogens is 324 g/mol. The number of anilines is 1. The summed E-state index contributed by atoms with van der Waals surface area (Å²) in [5.74, 6) is 1.81. The van der Waals surface area contributed by atoms with Gasteiger partial charge in [-0.1, -0.05) is 19.1 Å². The number of aromatic nitrogens is 1. The number of ether oxygens (including phenoxy) is 2. The highest BCUT2D eigenvalue weighted by molar-refractivity contribution is 7.81. The second-order valence-corrected chi connectivity index (χ2v) is 5.83. The van der Waals surface area contributed by atoms with Gasteiger partial charge in [0.1, 0.15) is 5.82 Å². The summed E-state index contributed by atoms with van der Waals surface area (Å²) < 4.78 is 10.6. The number of fused-ring (bicyclic) bond motifs is 1. The Morgan fingerprint density at radius 2 is 2.17 bits per heavy atom. The molecule has 0 N–H and O–H groups in total. The number of hydrogen-bond acceptors (Lipinski definition) is 5. The van der Waals surface area contributed by atoms with Crippen LogP contribution >= 0.6 is 12.6 Å². The zero-order valence-corrected chi connectivity index (χ0v) is 14.1. The summed E-state index contributed by atoms with van der Waals surface area (Å²) in [7, 11) is 0. The van der Waals surface area contributed by atoms with Crippen molar-refractivity contribution in [3.63, 3.8) is 0 Å². The molecule has 0 radical (unpaired) electrons. The van der Waals surface area contributed by atoms with E-state index >= 15 is 0 Å². The fourth-order valence-electron chi connectivity index (χ4n) is 2.36. The summed E-state index contributed by atoms with van der Waals surface area (Å²) in [5.41, 5.74) is 0.862. The lowest BCUT2D eigenvalue weighted by molar-refractivity contribution is -0.114. The number of nitrogens with zero attached hydrogens (tertiary/aromatic N) is 2. The highest BCUT2D eigenvalue weighted by Crippen LogP contribution is 2.32. The molecule has 1 aliphatic rings. The molecule has 1 atom stereocenters. The number of rotatable bonds is 5. The van der Waals surface area contributed by atoms with Gasteiger partial charge in [-0.25, -0.2) is 4.98 Å². The summed E-state index contributed by atoms with van der Waals surface area (Å²) in [6, 6.07) is 11.0. The van der Waals surface area contributed by atoms with Gasteiger partial charge in [-0.15, -0.1) is 0 Å². The van der Waals surface area contributed by atoms with E-state index in [1.54, 1.807) is 23.2 Å². The van der Waals surface area contributed by atoms with Crippen molar-refractivity contribution in [2.45, 2.75) is 18.7 Å². The topological polar surface area (TPSA) is 51.7 Å². The van der Waals surface area contributed by atoms with Crippen molar-refractivity contribution in [1.29, 1.82) is 0 Å². The quantitative estimate of drug-likeness (QED) is 0.513.